The highest BCUT2D eigenvalue weighted by molar-refractivity contribution is 5.81. The van der Waals surface area contributed by atoms with Gasteiger partial charge in [0.1, 0.15) is 12.3 Å². The predicted octanol–water partition coefficient (Wildman–Crippen LogP) is 0.829. The third kappa shape index (κ3) is 5.01. The SMILES string of the molecule is COc1cccc(CCC(=O)NCC(=O)O)c1. The molecule has 1 amide bonds. The molecule has 0 fully saturated rings. The Labute approximate surface area is 99.4 Å². The van der Waals surface area contributed by atoms with Gasteiger partial charge in [0.2, 0.25) is 5.91 Å². The number of aryl methyl sites for hydroxylation is 1. The molecule has 5 heteroatoms. The Hall–Kier alpha value is -2.04. The minimum atomic E-state index is -1.04. The van der Waals surface area contributed by atoms with Crippen LogP contribution in [0.5, 0.6) is 5.75 Å². The minimum absolute atomic E-state index is 0.264. The number of carbonyl (C=O) groups is 2. The molecule has 1 rings (SSSR count). The highest BCUT2D eigenvalue weighted by Gasteiger charge is 2.04. The number of rotatable bonds is 6. The van der Waals surface area contributed by atoms with Crippen molar-refractivity contribution >= 4 is 11.9 Å². The predicted molar refractivity (Wildman–Crippen MR) is 62.0 cm³/mol. The molecule has 2 N–H and O–H groups in total. The average Bonchev–Trinajstić information content (AvgIpc) is 2.34. The second-order valence-electron chi connectivity index (χ2n) is 3.52. The van der Waals surface area contributed by atoms with Crippen molar-refractivity contribution < 1.29 is 19.4 Å². The van der Waals surface area contributed by atoms with Crippen LogP contribution in [-0.2, 0) is 16.0 Å². The van der Waals surface area contributed by atoms with Gasteiger partial charge in [0.25, 0.3) is 0 Å². The summed E-state index contributed by atoms with van der Waals surface area (Å²) >= 11 is 0. The van der Waals surface area contributed by atoms with Crippen LogP contribution in [0.1, 0.15) is 12.0 Å². The summed E-state index contributed by atoms with van der Waals surface area (Å²) in [5, 5.41) is 10.7. The zero-order valence-corrected chi connectivity index (χ0v) is 9.60. The van der Waals surface area contributed by atoms with E-state index in [0.29, 0.717) is 6.42 Å². The fourth-order valence-corrected chi connectivity index (χ4v) is 1.35. The molecule has 0 aromatic heterocycles. The van der Waals surface area contributed by atoms with Crippen LogP contribution in [-0.4, -0.2) is 30.6 Å². The summed E-state index contributed by atoms with van der Waals surface area (Å²) in [5.74, 6) is -0.566. The lowest BCUT2D eigenvalue weighted by molar-refractivity contribution is -0.137. The topological polar surface area (TPSA) is 75.6 Å². The van der Waals surface area contributed by atoms with E-state index in [1.807, 2.05) is 24.3 Å². The smallest absolute Gasteiger partial charge is 0.322 e. The molecular weight excluding hydrogens is 222 g/mol. The standard InChI is InChI=1S/C12H15NO4/c1-17-10-4-2-3-9(7-10)5-6-11(14)13-8-12(15)16/h2-4,7H,5-6,8H2,1H3,(H,13,14)(H,15,16). The van der Waals surface area contributed by atoms with Gasteiger partial charge < -0.3 is 15.2 Å². The maximum absolute atomic E-state index is 11.3. The first kappa shape index (κ1) is 13.0. The average molecular weight is 237 g/mol. The van der Waals surface area contributed by atoms with E-state index in [4.69, 9.17) is 9.84 Å². The van der Waals surface area contributed by atoms with Crippen LogP contribution in [0.25, 0.3) is 0 Å². The molecule has 0 unspecified atom stereocenters. The van der Waals surface area contributed by atoms with Crippen molar-refractivity contribution in [1.82, 2.24) is 5.32 Å². The zero-order chi connectivity index (χ0) is 12.7. The molecule has 0 bridgehead atoms. The molecule has 92 valence electrons. The normalized spacial score (nSPS) is 9.71. The van der Waals surface area contributed by atoms with Crippen LogP contribution in [0.15, 0.2) is 24.3 Å². The molecule has 1 aromatic rings. The molecule has 0 aliphatic rings. The van der Waals surface area contributed by atoms with Crippen molar-refractivity contribution in [2.45, 2.75) is 12.8 Å². The Morgan fingerprint density at radius 2 is 2.18 bits per heavy atom. The summed E-state index contributed by atoms with van der Waals surface area (Å²) in [6.07, 6.45) is 0.823. The number of carbonyl (C=O) groups excluding carboxylic acids is 1. The van der Waals surface area contributed by atoms with Crippen molar-refractivity contribution in [3.8, 4) is 5.75 Å². The Bertz CT molecular complexity index is 403. The number of hydrogen-bond acceptors (Lipinski definition) is 3. The number of nitrogens with one attached hydrogen (secondary N) is 1. The summed E-state index contributed by atoms with van der Waals surface area (Å²) in [7, 11) is 1.58. The summed E-state index contributed by atoms with van der Waals surface area (Å²) in [5.41, 5.74) is 0.981. The highest BCUT2D eigenvalue weighted by atomic mass is 16.5. The van der Waals surface area contributed by atoms with Gasteiger partial charge in [-0.15, -0.1) is 0 Å². The lowest BCUT2D eigenvalue weighted by Crippen LogP contribution is -2.29. The van der Waals surface area contributed by atoms with Crippen LogP contribution >= 0.6 is 0 Å². The maximum Gasteiger partial charge on any atom is 0.322 e. The number of carboxylic acid groups (broad SMARTS) is 1. The van der Waals surface area contributed by atoms with Gasteiger partial charge in [-0.1, -0.05) is 12.1 Å². The van der Waals surface area contributed by atoms with E-state index in [9.17, 15) is 9.59 Å². The van der Waals surface area contributed by atoms with Gasteiger partial charge in [-0.25, -0.2) is 0 Å². The second kappa shape index (κ2) is 6.52. The van der Waals surface area contributed by atoms with E-state index in [1.54, 1.807) is 7.11 Å². The molecule has 0 saturated carbocycles. The molecule has 1 aromatic carbocycles. The van der Waals surface area contributed by atoms with Gasteiger partial charge >= 0.3 is 5.97 Å². The summed E-state index contributed by atoms with van der Waals surface area (Å²) in [6.45, 7) is -0.336. The second-order valence-corrected chi connectivity index (χ2v) is 3.52. The molecule has 0 saturated heterocycles. The van der Waals surface area contributed by atoms with Crippen LogP contribution in [0, 0.1) is 0 Å². The van der Waals surface area contributed by atoms with Gasteiger partial charge in [-0.2, -0.15) is 0 Å². The van der Waals surface area contributed by atoms with E-state index in [2.05, 4.69) is 5.32 Å². The van der Waals surface area contributed by atoms with Crippen molar-refractivity contribution in [3.05, 3.63) is 29.8 Å². The van der Waals surface area contributed by atoms with Crippen molar-refractivity contribution in [2.24, 2.45) is 0 Å². The van der Waals surface area contributed by atoms with Gasteiger partial charge in [0, 0.05) is 6.42 Å². The first-order valence-electron chi connectivity index (χ1n) is 5.23. The van der Waals surface area contributed by atoms with Gasteiger partial charge in [-0.3, -0.25) is 9.59 Å². The van der Waals surface area contributed by atoms with Crippen molar-refractivity contribution in [1.29, 1.82) is 0 Å². The number of hydrogen-bond donors (Lipinski definition) is 2. The van der Waals surface area contributed by atoms with E-state index in [-0.39, 0.29) is 18.9 Å². The summed E-state index contributed by atoms with van der Waals surface area (Å²) < 4.78 is 5.06. The number of carboxylic acids is 1. The molecule has 17 heavy (non-hydrogen) atoms. The van der Waals surface area contributed by atoms with Gasteiger partial charge in [0.05, 0.1) is 7.11 Å². The lowest BCUT2D eigenvalue weighted by atomic mass is 10.1. The monoisotopic (exact) mass is 237 g/mol. The van der Waals surface area contributed by atoms with Crippen LogP contribution in [0.4, 0.5) is 0 Å². The molecule has 5 nitrogen and oxygen atoms in total. The molecule has 0 aliphatic heterocycles. The largest absolute Gasteiger partial charge is 0.497 e. The molecule has 0 spiro atoms. The van der Waals surface area contributed by atoms with E-state index >= 15 is 0 Å². The number of amides is 1. The van der Waals surface area contributed by atoms with E-state index in [0.717, 1.165) is 11.3 Å². The van der Waals surface area contributed by atoms with E-state index < -0.39 is 5.97 Å². The Kier molecular flexibility index (Phi) is 5.00. The molecule has 0 radical (unpaired) electrons. The summed E-state index contributed by atoms with van der Waals surface area (Å²) in [6, 6.07) is 7.43. The number of ether oxygens (including phenoxy) is 1. The third-order valence-electron chi connectivity index (χ3n) is 2.21. The fraction of sp³-hybridized carbons (Fsp3) is 0.333. The Morgan fingerprint density at radius 1 is 1.41 bits per heavy atom. The van der Waals surface area contributed by atoms with Gasteiger partial charge in [0.15, 0.2) is 0 Å². The fourth-order valence-electron chi connectivity index (χ4n) is 1.35. The van der Waals surface area contributed by atoms with Gasteiger partial charge in [-0.05, 0) is 24.1 Å². The van der Waals surface area contributed by atoms with Crippen LogP contribution < -0.4 is 10.1 Å². The first-order valence-corrected chi connectivity index (χ1v) is 5.23. The molecular formula is C12H15NO4. The Balaban J connectivity index is 2.39. The van der Waals surface area contributed by atoms with E-state index in [1.165, 1.54) is 0 Å². The Morgan fingerprint density at radius 3 is 2.82 bits per heavy atom. The number of benzene rings is 1. The van der Waals surface area contributed by atoms with Crippen molar-refractivity contribution in [3.63, 3.8) is 0 Å². The molecule has 0 heterocycles. The van der Waals surface area contributed by atoms with Crippen LogP contribution in [0.3, 0.4) is 0 Å². The minimum Gasteiger partial charge on any atom is -0.497 e. The quantitative estimate of drug-likeness (QED) is 0.768. The molecule has 0 aliphatic carbocycles. The van der Waals surface area contributed by atoms with Crippen LogP contribution in [0.2, 0.25) is 0 Å². The molecule has 0 atom stereocenters. The zero-order valence-electron chi connectivity index (χ0n) is 9.60. The summed E-state index contributed by atoms with van der Waals surface area (Å²) in [4.78, 5) is 21.5. The van der Waals surface area contributed by atoms with Crippen molar-refractivity contribution in [2.75, 3.05) is 13.7 Å². The maximum atomic E-state index is 11.3. The highest BCUT2D eigenvalue weighted by Crippen LogP contribution is 2.13. The number of aliphatic carboxylic acids is 1. The number of methoxy groups -OCH3 is 1. The third-order valence-corrected chi connectivity index (χ3v) is 2.21. The first-order chi connectivity index (χ1) is 8.11. The lowest BCUT2D eigenvalue weighted by Gasteiger charge is -2.04.